The number of carbonyl (C=O) groups excluding carboxylic acids is 2. The number of benzene rings is 1. The van der Waals surface area contributed by atoms with Crippen molar-refractivity contribution in [2.24, 2.45) is 12.5 Å². The summed E-state index contributed by atoms with van der Waals surface area (Å²) in [6, 6.07) is 8.18. The smallest absolute Gasteiger partial charge is 0.274 e. The normalized spacial score (nSPS) is 19.9. The number of amides is 2. The molecule has 2 aliphatic heterocycles. The predicted molar refractivity (Wildman–Crippen MR) is 118 cm³/mol. The monoisotopic (exact) mass is 424 g/mol. The summed E-state index contributed by atoms with van der Waals surface area (Å²) in [6.45, 7) is 2.13. The number of nitrogens with zero attached hydrogens (tertiary/aromatic N) is 3. The molecular formula is C24H32N4O3. The van der Waals surface area contributed by atoms with Gasteiger partial charge in [-0.15, -0.1) is 0 Å². The van der Waals surface area contributed by atoms with Crippen molar-refractivity contribution in [3.05, 3.63) is 48.0 Å². The summed E-state index contributed by atoms with van der Waals surface area (Å²) < 4.78 is 7.73. The zero-order valence-corrected chi connectivity index (χ0v) is 18.3. The third-order valence-electron chi connectivity index (χ3n) is 6.63. The summed E-state index contributed by atoms with van der Waals surface area (Å²) >= 11 is 0. The van der Waals surface area contributed by atoms with E-state index in [2.05, 4.69) is 22.4 Å². The van der Waals surface area contributed by atoms with Crippen LogP contribution in [0, 0.1) is 5.41 Å². The second-order valence-electron chi connectivity index (χ2n) is 8.77. The molecule has 166 valence electrons. The van der Waals surface area contributed by atoms with E-state index in [4.69, 9.17) is 4.74 Å². The summed E-state index contributed by atoms with van der Waals surface area (Å²) in [7, 11) is 1.86. The highest BCUT2D eigenvalue weighted by Crippen LogP contribution is 2.38. The molecule has 0 aliphatic carbocycles. The maximum absolute atomic E-state index is 13.2. The van der Waals surface area contributed by atoms with Crippen LogP contribution in [-0.4, -0.2) is 52.5 Å². The lowest BCUT2D eigenvalue weighted by molar-refractivity contribution is -0.134. The molecule has 0 unspecified atom stereocenters. The van der Waals surface area contributed by atoms with Gasteiger partial charge in [0.2, 0.25) is 5.91 Å². The first kappa shape index (κ1) is 21.4. The number of ether oxygens (including phenoxy) is 1. The highest BCUT2D eigenvalue weighted by molar-refractivity contribution is 5.92. The van der Waals surface area contributed by atoms with Crippen LogP contribution in [0.4, 0.5) is 0 Å². The molecule has 1 saturated heterocycles. The number of para-hydroxylation sites is 1. The topological polar surface area (TPSA) is 76.5 Å². The number of likely N-dealkylation sites (tertiary alicyclic amines) is 1. The van der Waals surface area contributed by atoms with E-state index in [1.807, 2.05) is 24.1 Å². The molecule has 0 bridgehead atoms. The number of carbonyl (C=O) groups is 2. The van der Waals surface area contributed by atoms with Crippen LogP contribution < -0.4 is 10.1 Å². The number of rotatable bonds is 1. The number of nitrogens with one attached hydrogen (secondary N) is 1. The van der Waals surface area contributed by atoms with Gasteiger partial charge >= 0.3 is 0 Å². The van der Waals surface area contributed by atoms with Gasteiger partial charge in [0.05, 0.1) is 18.3 Å². The molecule has 7 heteroatoms. The van der Waals surface area contributed by atoms with Crippen molar-refractivity contribution in [3.63, 3.8) is 0 Å². The third-order valence-corrected chi connectivity index (χ3v) is 6.63. The summed E-state index contributed by atoms with van der Waals surface area (Å²) in [6.07, 6.45) is 9.83. The van der Waals surface area contributed by atoms with E-state index in [-0.39, 0.29) is 11.8 Å². The fraction of sp³-hybridized carbons (Fsp3) is 0.542. The number of hydrogen-bond donors (Lipinski definition) is 1. The molecule has 4 rings (SSSR count). The van der Waals surface area contributed by atoms with Crippen molar-refractivity contribution in [1.29, 1.82) is 0 Å². The highest BCUT2D eigenvalue weighted by atomic mass is 16.5. The van der Waals surface area contributed by atoms with Crippen molar-refractivity contribution in [1.82, 2.24) is 19.8 Å². The average Bonchev–Trinajstić information content (AvgIpc) is 3.23. The Hall–Kier alpha value is -2.83. The Labute approximate surface area is 183 Å². The summed E-state index contributed by atoms with van der Waals surface area (Å²) in [4.78, 5) is 32.0. The Balaban J connectivity index is 1.40. The molecule has 0 atom stereocenters. The molecule has 1 fully saturated rings. The zero-order chi connectivity index (χ0) is 21.7. The largest absolute Gasteiger partial charge is 0.491 e. The number of imidazole rings is 1. The molecule has 0 radical (unpaired) electrons. The number of aryl methyl sites for hydroxylation is 2. The van der Waals surface area contributed by atoms with Gasteiger partial charge in [0.25, 0.3) is 5.91 Å². The van der Waals surface area contributed by atoms with Crippen LogP contribution in [0.2, 0.25) is 0 Å². The van der Waals surface area contributed by atoms with Gasteiger partial charge in [0.15, 0.2) is 0 Å². The lowest BCUT2D eigenvalue weighted by Gasteiger charge is -2.40. The molecule has 1 aromatic carbocycles. The lowest BCUT2D eigenvalue weighted by atomic mass is 9.73. The van der Waals surface area contributed by atoms with Crippen molar-refractivity contribution >= 4 is 11.8 Å². The number of fused-ring (bicyclic) bond motifs is 1. The molecule has 1 spiro atoms. The van der Waals surface area contributed by atoms with Gasteiger partial charge in [0.1, 0.15) is 18.1 Å². The first-order chi connectivity index (χ1) is 15.1. The minimum absolute atomic E-state index is 0.0494. The molecule has 1 N–H and O–H groups in total. The van der Waals surface area contributed by atoms with Gasteiger partial charge in [-0.2, -0.15) is 0 Å². The Morgan fingerprint density at radius 3 is 2.71 bits per heavy atom. The van der Waals surface area contributed by atoms with E-state index in [9.17, 15) is 9.59 Å². The number of aromatic nitrogens is 2. The molecule has 1 aromatic heterocycles. The Kier molecular flexibility index (Phi) is 6.59. The molecule has 0 saturated carbocycles. The quantitative estimate of drug-likeness (QED) is 0.764. The second-order valence-corrected chi connectivity index (χ2v) is 8.77. The zero-order valence-electron chi connectivity index (χ0n) is 18.3. The van der Waals surface area contributed by atoms with Gasteiger partial charge in [-0.3, -0.25) is 9.59 Å². The average molecular weight is 425 g/mol. The maximum Gasteiger partial charge on any atom is 0.274 e. The lowest BCUT2D eigenvalue weighted by Crippen LogP contribution is -2.50. The maximum atomic E-state index is 13.2. The minimum Gasteiger partial charge on any atom is -0.491 e. The first-order valence-corrected chi connectivity index (χ1v) is 11.3. The molecule has 7 nitrogen and oxygen atoms in total. The molecule has 2 aliphatic rings. The van der Waals surface area contributed by atoms with Crippen LogP contribution >= 0.6 is 0 Å². The van der Waals surface area contributed by atoms with Gasteiger partial charge in [0, 0.05) is 26.3 Å². The summed E-state index contributed by atoms with van der Waals surface area (Å²) in [5, 5.41) is 3.11. The van der Waals surface area contributed by atoms with Crippen LogP contribution in [0.5, 0.6) is 5.75 Å². The van der Waals surface area contributed by atoms with E-state index >= 15 is 0 Å². The SMILES string of the molecule is Cn1cnc(C(=O)N2CCC3(CCCCCc4ccccc4OCCNC3=O)CC2)c1. The molecular weight excluding hydrogens is 392 g/mol. The van der Waals surface area contributed by atoms with Crippen LogP contribution in [-0.2, 0) is 18.3 Å². The van der Waals surface area contributed by atoms with Gasteiger partial charge in [-0.05, 0) is 43.7 Å². The highest BCUT2D eigenvalue weighted by Gasteiger charge is 2.41. The van der Waals surface area contributed by atoms with Crippen LogP contribution in [0.15, 0.2) is 36.8 Å². The van der Waals surface area contributed by atoms with Gasteiger partial charge in [-0.25, -0.2) is 4.98 Å². The first-order valence-electron chi connectivity index (χ1n) is 11.3. The minimum atomic E-state index is -0.401. The van der Waals surface area contributed by atoms with Crippen LogP contribution in [0.25, 0.3) is 0 Å². The Morgan fingerprint density at radius 1 is 1.13 bits per heavy atom. The predicted octanol–water partition coefficient (Wildman–Crippen LogP) is 2.95. The van der Waals surface area contributed by atoms with Crippen molar-refractivity contribution < 1.29 is 14.3 Å². The van der Waals surface area contributed by atoms with E-state index in [0.717, 1.165) is 37.9 Å². The molecule has 2 aromatic rings. The van der Waals surface area contributed by atoms with E-state index in [0.29, 0.717) is 44.8 Å². The number of piperidine rings is 1. The fourth-order valence-corrected chi connectivity index (χ4v) is 4.73. The summed E-state index contributed by atoms with van der Waals surface area (Å²) in [5.41, 5.74) is 1.31. The summed E-state index contributed by atoms with van der Waals surface area (Å²) in [5.74, 6) is 0.979. The van der Waals surface area contributed by atoms with Crippen molar-refractivity contribution in [3.8, 4) is 5.75 Å². The second kappa shape index (κ2) is 9.54. The standard InChI is InChI=1S/C24H32N4O3/c1-27-17-20(26-18-27)22(29)28-14-11-24(12-15-28)10-6-2-3-7-19-8-4-5-9-21(19)31-16-13-25-23(24)30/h4-5,8-9,17-18H,2-3,6-7,10-16H2,1H3,(H,25,30). The third kappa shape index (κ3) is 4.92. The van der Waals surface area contributed by atoms with Crippen LogP contribution in [0.3, 0.4) is 0 Å². The van der Waals surface area contributed by atoms with Crippen molar-refractivity contribution in [2.75, 3.05) is 26.2 Å². The van der Waals surface area contributed by atoms with Gasteiger partial charge < -0.3 is 19.5 Å². The fourth-order valence-electron chi connectivity index (χ4n) is 4.73. The van der Waals surface area contributed by atoms with E-state index < -0.39 is 5.41 Å². The Morgan fingerprint density at radius 2 is 1.94 bits per heavy atom. The van der Waals surface area contributed by atoms with E-state index in [1.165, 1.54) is 5.56 Å². The van der Waals surface area contributed by atoms with Crippen molar-refractivity contribution in [2.45, 2.75) is 44.9 Å². The Bertz CT molecular complexity index is 915. The molecule has 31 heavy (non-hydrogen) atoms. The van der Waals surface area contributed by atoms with Crippen LogP contribution in [0.1, 0.15) is 54.6 Å². The molecule has 2 amide bonds. The number of hydrogen-bond acceptors (Lipinski definition) is 4. The van der Waals surface area contributed by atoms with Gasteiger partial charge in [-0.1, -0.05) is 31.0 Å². The van der Waals surface area contributed by atoms with E-state index in [1.54, 1.807) is 17.1 Å². The molecule has 3 heterocycles.